The molecule has 0 spiro atoms. The first-order valence-corrected chi connectivity index (χ1v) is 9.10. The van der Waals surface area contributed by atoms with Gasteiger partial charge >= 0.3 is 0 Å². The highest BCUT2D eigenvalue weighted by Gasteiger charge is 2.19. The standard InChI is InChI=1S/C18H24N2OS/c19-14-8-10-15(11-9-14)20-18(21)7-3-4-13-12-22-17-6-2-1-5-16(13)17/h1-2,5-6,12,14-15H,3-4,7-11,19H2,(H,20,21). The fraction of sp³-hybridized carbons (Fsp3) is 0.500. The highest BCUT2D eigenvalue weighted by Crippen LogP contribution is 2.26. The molecule has 0 saturated heterocycles. The summed E-state index contributed by atoms with van der Waals surface area (Å²) in [6.45, 7) is 0. The van der Waals surface area contributed by atoms with Gasteiger partial charge in [-0.2, -0.15) is 0 Å². The predicted molar refractivity (Wildman–Crippen MR) is 93.1 cm³/mol. The number of nitrogens with one attached hydrogen (secondary N) is 1. The zero-order chi connectivity index (χ0) is 15.4. The average Bonchev–Trinajstić information content (AvgIpc) is 2.93. The Balaban J connectivity index is 1.44. The first kappa shape index (κ1) is 15.5. The molecule has 1 heterocycles. The summed E-state index contributed by atoms with van der Waals surface area (Å²) >= 11 is 1.79. The smallest absolute Gasteiger partial charge is 0.220 e. The Morgan fingerprint density at radius 3 is 2.82 bits per heavy atom. The van der Waals surface area contributed by atoms with Crippen molar-refractivity contribution in [2.45, 2.75) is 57.0 Å². The monoisotopic (exact) mass is 316 g/mol. The number of benzene rings is 1. The number of amides is 1. The molecule has 0 bridgehead atoms. The lowest BCUT2D eigenvalue weighted by Crippen LogP contribution is -2.40. The van der Waals surface area contributed by atoms with Crippen LogP contribution in [0.3, 0.4) is 0 Å². The van der Waals surface area contributed by atoms with Crippen molar-refractivity contribution in [3.8, 4) is 0 Å². The van der Waals surface area contributed by atoms with E-state index in [0.717, 1.165) is 38.5 Å². The minimum Gasteiger partial charge on any atom is -0.353 e. The zero-order valence-corrected chi connectivity index (χ0v) is 13.7. The van der Waals surface area contributed by atoms with Crippen LogP contribution in [0.15, 0.2) is 29.6 Å². The summed E-state index contributed by atoms with van der Waals surface area (Å²) in [5.41, 5.74) is 7.27. The molecular formula is C18H24N2OS. The fourth-order valence-corrected chi connectivity index (χ4v) is 4.23. The number of rotatable bonds is 5. The molecule has 0 radical (unpaired) electrons. The van der Waals surface area contributed by atoms with Crippen LogP contribution >= 0.6 is 11.3 Å². The van der Waals surface area contributed by atoms with Gasteiger partial charge in [-0.05, 0) is 60.9 Å². The first-order valence-electron chi connectivity index (χ1n) is 8.22. The van der Waals surface area contributed by atoms with Crippen molar-refractivity contribution in [3.63, 3.8) is 0 Å². The molecule has 1 amide bonds. The van der Waals surface area contributed by atoms with Crippen LogP contribution in [0.5, 0.6) is 0 Å². The summed E-state index contributed by atoms with van der Waals surface area (Å²) in [6, 6.07) is 9.16. The van der Waals surface area contributed by atoms with Gasteiger partial charge in [0.1, 0.15) is 0 Å². The van der Waals surface area contributed by atoms with E-state index < -0.39 is 0 Å². The van der Waals surface area contributed by atoms with Gasteiger partial charge < -0.3 is 11.1 Å². The molecule has 0 aliphatic heterocycles. The molecule has 3 rings (SSSR count). The van der Waals surface area contributed by atoms with E-state index in [1.165, 1.54) is 15.6 Å². The molecule has 0 unspecified atom stereocenters. The predicted octanol–water partition coefficient (Wildman–Crippen LogP) is 3.61. The number of hydrogen-bond acceptors (Lipinski definition) is 3. The molecule has 1 aromatic heterocycles. The van der Waals surface area contributed by atoms with Gasteiger partial charge in [0.25, 0.3) is 0 Å². The number of hydrogen-bond donors (Lipinski definition) is 2. The summed E-state index contributed by atoms with van der Waals surface area (Å²) in [7, 11) is 0. The Morgan fingerprint density at radius 1 is 1.23 bits per heavy atom. The number of aryl methyl sites for hydroxylation is 1. The van der Waals surface area contributed by atoms with Crippen molar-refractivity contribution in [1.29, 1.82) is 0 Å². The molecular weight excluding hydrogens is 292 g/mol. The average molecular weight is 316 g/mol. The summed E-state index contributed by atoms with van der Waals surface area (Å²) in [6.07, 6.45) is 6.64. The summed E-state index contributed by atoms with van der Waals surface area (Å²) in [5.74, 6) is 0.194. The molecule has 1 aromatic carbocycles. The van der Waals surface area contributed by atoms with E-state index in [4.69, 9.17) is 5.73 Å². The summed E-state index contributed by atoms with van der Waals surface area (Å²) in [5, 5.41) is 6.73. The van der Waals surface area contributed by atoms with Crippen LogP contribution in [-0.4, -0.2) is 18.0 Å². The Kier molecular flexibility index (Phi) is 5.11. The van der Waals surface area contributed by atoms with E-state index in [2.05, 4.69) is 35.0 Å². The largest absolute Gasteiger partial charge is 0.353 e. The molecule has 1 saturated carbocycles. The van der Waals surface area contributed by atoms with E-state index in [0.29, 0.717) is 18.5 Å². The third-order valence-electron chi connectivity index (χ3n) is 4.55. The van der Waals surface area contributed by atoms with Crippen molar-refractivity contribution in [2.75, 3.05) is 0 Å². The van der Waals surface area contributed by atoms with Gasteiger partial charge in [-0.25, -0.2) is 0 Å². The van der Waals surface area contributed by atoms with Gasteiger partial charge in [0.15, 0.2) is 0 Å². The van der Waals surface area contributed by atoms with E-state index in [1.807, 2.05) is 0 Å². The number of fused-ring (bicyclic) bond motifs is 1. The van der Waals surface area contributed by atoms with Crippen molar-refractivity contribution in [3.05, 3.63) is 35.2 Å². The Bertz CT molecular complexity index is 629. The van der Waals surface area contributed by atoms with Gasteiger partial charge in [0.2, 0.25) is 5.91 Å². The van der Waals surface area contributed by atoms with E-state index in [9.17, 15) is 4.79 Å². The number of carbonyl (C=O) groups excluding carboxylic acids is 1. The van der Waals surface area contributed by atoms with Crippen LogP contribution in [-0.2, 0) is 11.2 Å². The first-order chi connectivity index (χ1) is 10.7. The molecule has 3 N–H and O–H groups in total. The lowest BCUT2D eigenvalue weighted by molar-refractivity contribution is -0.122. The summed E-state index contributed by atoms with van der Waals surface area (Å²) in [4.78, 5) is 12.0. The second-order valence-corrected chi connectivity index (χ2v) is 7.20. The van der Waals surface area contributed by atoms with Crippen molar-refractivity contribution >= 4 is 27.3 Å². The third-order valence-corrected chi connectivity index (χ3v) is 5.56. The second kappa shape index (κ2) is 7.25. The van der Waals surface area contributed by atoms with Gasteiger partial charge in [0.05, 0.1) is 0 Å². The van der Waals surface area contributed by atoms with Crippen LogP contribution in [0.2, 0.25) is 0 Å². The molecule has 2 aromatic rings. The maximum atomic E-state index is 12.0. The van der Waals surface area contributed by atoms with Crippen LogP contribution in [0, 0.1) is 0 Å². The van der Waals surface area contributed by atoms with Gasteiger partial charge in [-0.1, -0.05) is 18.2 Å². The van der Waals surface area contributed by atoms with Gasteiger partial charge in [-0.3, -0.25) is 4.79 Å². The van der Waals surface area contributed by atoms with E-state index >= 15 is 0 Å². The quantitative estimate of drug-likeness (QED) is 0.885. The maximum Gasteiger partial charge on any atom is 0.220 e. The maximum absolute atomic E-state index is 12.0. The van der Waals surface area contributed by atoms with E-state index in [1.54, 1.807) is 11.3 Å². The van der Waals surface area contributed by atoms with Crippen LogP contribution < -0.4 is 11.1 Å². The lowest BCUT2D eigenvalue weighted by Gasteiger charge is -2.26. The minimum atomic E-state index is 0.194. The van der Waals surface area contributed by atoms with Crippen molar-refractivity contribution in [2.24, 2.45) is 5.73 Å². The molecule has 22 heavy (non-hydrogen) atoms. The second-order valence-electron chi connectivity index (χ2n) is 6.29. The summed E-state index contributed by atoms with van der Waals surface area (Å²) < 4.78 is 1.33. The Labute approximate surface area is 135 Å². The van der Waals surface area contributed by atoms with Gasteiger partial charge in [0, 0.05) is 23.2 Å². The normalized spacial score (nSPS) is 21.9. The van der Waals surface area contributed by atoms with Gasteiger partial charge in [-0.15, -0.1) is 11.3 Å². The molecule has 118 valence electrons. The number of thiophene rings is 1. The SMILES string of the molecule is NC1CCC(NC(=O)CCCc2csc3ccccc23)CC1. The third kappa shape index (κ3) is 3.87. The van der Waals surface area contributed by atoms with Crippen LogP contribution in [0.4, 0.5) is 0 Å². The molecule has 3 nitrogen and oxygen atoms in total. The van der Waals surface area contributed by atoms with E-state index in [-0.39, 0.29) is 5.91 Å². The Hall–Kier alpha value is -1.39. The molecule has 1 fully saturated rings. The number of carbonyl (C=O) groups is 1. The molecule has 1 aliphatic rings. The van der Waals surface area contributed by atoms with Crippen LogP contribution in [0.25, 0.3) is 10.1 Å². The van der Waals surface area contributed by atoms with Crippen molar-refractivity contribution in [1.82, 2.24) is 5.32 Å². The minimum absolute atomic E-state index is 0.194. The molecule has 0 atom stereocenters. The molecule has 4 heteroatoms. The topological polar surface area (TPSA) is 55.1 Å². The Morgan fingerprint density at radius 2 is 2.00 bits per heavy atom. The molecule has 1 aliphatic carbocycles. The lowest BCUT2D eigenvalue weighted by atomic mass is 9.92. The highest BCUT2D eigenvalue weighted by atomic mass is 32.1. The fourth-order valence-electron chi connectivity index (χ4n) is 3.23. The van der Waals surface area contributed by atoms with Crippen LogP contribution in [0.1, 0.15) is 44.1 Å². The zero-order valence-electron chi connectivity index (χ0n) is 12.9. The van der Waals surface area contributed by atoms with Crippen molar-refractivity contribution < 1.29 is 4.79 Å². The number of nitrogens with two attached hydrogens (primary N) is 1. The highest BCUT2D eigenvalue weighted by molar-refractivity contribution is 7.17.